The third-order valence-electron chi connectivity index (χ3n) is 5.23. The van der Waals surface area contributed by atoms with E-state index >= 15 is 0 Å². The van der Waals surface area contributed by atoms with E-state index in [-0.39, 0.29) is 18.4 Å². The molecule has 1 atom stereocenters. The molecule has 3 aromatic rings. The monoisotopic (exact) mass is 420 g/mol. The lowest BCUT2D eigenvalue weighted by Gasteiger charge is -2.27. The summed E-state index contributed by atoms with van der Waals surface area (Å²) in [5.74, 6) is 1.28. The third kappa shape index (κ3) is 4.91. The molecule has 2 amide bonds. The Morgan fingerprint density at radius 2 is 1.74 bits per heavy atom. The van der Waals surface area contributed by atoms with Gasteiger partial charge in [-0.1, -0.05) is 41.6 Å². The molecule has 8 nitrogen and oxygen atoms in total. The average Bonchev–Trinajstić information content (AvgIpc) is 3.12. The molecule has 0 saturated carbocycles. The standard InChI is InChI=1S/C23H24N4O4/c1-17-24-22(31-25-17)20-12-13-26(21(28)16-30-19-10-6-3-7-11-19)14-15-27(20)23(29)18-8-4-2-5-9-18/h2-11,20H,12-16H2,1H3. The van der Waals surface area contributed by atoms with Crippen LogP contribution in [-0.2, 0) is 4.79 Å². The van der Waals surface area contributed by atoms with Gasteiger partial charge in [0.1, 0.15) is 11.8 Å². The van der Waals surface area contributed by atoms with Crippen LogP contribution in [0.25, 0.3) is 0 Å². The first-order valence-electron chi connectivity index (χ1n) is 10.2. The van der Waals surface area contributed by atoms with Crippen LogP contribution in [0.15, 0.2) is 65.2 Å². The van der Waals surface area contributed by atoms with Crippen LogP contribution >= 0.6 is 0 Å². The van der Waals surface area contributed by atoms with Crippen molar-refractivity contribution in [3.8, 4) is 5.75 Å². The Labute approximate surface area is 180 Å². The number of aryl methyl sites for hydroxylation is 1. The number of benzene rings is 2. The SMILES string of the molecule is Cc1noc(C2CCN(C(=O)COc3ccccc3)CCN2C(=O)c2ccccc2)n1. The number of hydrogen-bond donors (Lipinski definition) is 0. The fourth-order valence-corrected chi connectivity index (χ4v) is 3.63. The number of aromatic nitrogens is 2. The van der Waals surface area contributed by atoms with Crippen LogP contribution in [0.2, 0.25) is 0 Å². The van der Waals surface area contributed by atoms with Crippen molar-refractivity contribution in [2.75, 3.05) is 26.2 Å². The lowest BCUT2D eigenvalue weighted by Crippen LogP contribution is -2.39. The molecule has 4 rings (SSSR count). The molecule has 1 saturated heterocycles. The molecule has 0 N–H and O–H groups in total. The van der Waals surface area contributed by atoms with Crippen molar-refractivity contribution in [3.63, 3.8) is 0 Å². The maximum Gasteiger partial charge on any atom is 0.260 e. The Hall–Kier alpha value is -3.68. The van der Waals surface area contributed by atoms with Crippen molar-refractivity contribution < 1.29 is 18.8 Å². The van der Waals surface area contributed by atoms with E-state index in [1.165, 1.54) is 0 Å². The van der Waals surface area contributed by atoms with E-state index in [0.29, 0.717) is 49.1 Å². The fraction of sp³-hybridized carbons (Fsp3) is 0.304. The highest BCUT2D eigenvalue weighted by atomic mass is 16.5. The quantitative estimate of drug-likeness (QED) is 0.631. The molecule has 1 unspecified atom stereocenters. The number of amides is 2. The summed E-state index contributed by atoms with van der Waals surface area (Å²) in [5, 5.41) is 3.88. The number of ether oxygens (including phenoxy) is 1. The van der Waals surface area contributed by atoms with Crippen molar-refractivity contribution in [1.82, 2.24) is 19.9 Å². The van der Waals surface area contributed by atoms with Crippen LogP contribution in [0.3, 0.4) is 0 Å². The molecule has 1 aromatic heterocycles. The van der Waals surface area contributed by atoms with Crippen LogP contribution in [0.1, 0.15) is 34.5 Å². The number of para-hydroxylation sites is 1. The van der Waals surface area contributed by atoms with Crippen molar-refractivity contribution in [2.45, 2.75) is 19.4 Å². The molecule has 0 radical (unpaired) electrons. The minimum Gasteiger partial charge on any atom is -0.484 e. The predicted octanol–water partition coefficient (Wildman–Crippen LogP) is 2.87. The van der Waals surface area contributed by atoms with E-state index in [0.717, 1.165) is 0 Å². The van der Waals surface area contributed by atoms with E-state index in [1.54, 1.807) is 28.9 Å². The van der Waals surface area contributed by atoms with E-state index in [4.69, 9.17) is 9.26 Å². The van der Waals surface area contributed by atoms with E-state index in [2.05, 4.69) is 10.1 Å². The van der Waals surface area contributed by atoms with Gasteiger partial charge in [0.25, 0.3) is 11.8 Å². The summed E-state index contributed by atoms with van der Waals surface area (Å²) in [5.41, 5.74) is 0.580. The van der Waals surface area contributed by atoms with Crippen molar-refractivity contribution in [1.29, 1.82) is 0 Å². The number of nitrogens with zero attached hydrogens (tertiary/aromatic N) is 4. The number of carbonyl (C=O) groups excluding carboxylic acids is 2. The summed E-state index contributed by atoms with van der Waals surface area (Å²) in [6, 6.07) is 17.9. The maximum atomic E-state index is 13.2. The highest BCUT2D eigenvalue weighted by molar-refractivity contribution is 5.94. The lowest BCUT2D eigenvalue weighted by atomic mass is 10.1. The second-order valence-corrected chi connectivity index (χ2v) is 7.33. The van der Waals surface area contributed by atoms with Gasteiger partial charge in [-0.3, -0.25) is 9.59 Å². The molecule has 8 heteroatoms. The van der Waals surface area contributed by atoms with E-state index in [1.807, 2.05) is 48.5 Å². The van der Waals surface area contributed by atoms with Crippen molar-refractivity contribution >= 4 is 11.8 Å². The van der Waals surface area contributed by atoms with Gasteiger partial charge < -0.3 is 19.1 Å². The van der Waals surface area contributed by atoms with Crippen LogP contribution in [-0.4, -0.2) is 58.0 Å². The molecule has 0 spiro atoms. The van der Waals surface area contributed by atoms with Crippen molar-refractivity contribution in [2.24, 2.45) is 0 Å². The smallest absolute Gasteiger partial charge is 0.260 e. The maximum absolute atomic E-state index is 13.2. The molecule has 0 bridgehead atoms. The van der Waals surface area contributed by atoms with Gasteiger partial charge in [-0.05, 0) is 37.6 Å². The van der Waals surface area contributed by atoms with Crippen LogP contribution in [0.5, 0.6) is 5.75 Å². The zero-order chi connectivity index (χ0) is 21.6. The minimum absolute atomic E-state index is 0.0546. The van der Waals surface area contributed by atoms with E-state index < -0.39 is 6.04 Å². The number of hydrogen-bond acceptors (Lipinski definition) is 6. The Kier molecular flexibility index (Phi) is 6.26. The molecule has 1 fully saturated rings. The van der Waals surface area contributed by atoms with Gasteiger partial charge in [0.15, 0.2) is 12.4 Å². The first-order valence-corrected chi connectivity index (χ1v) is 10.2. The van der Waals surface area contributed by atoms with Crippen LogP contribution < -0.4 is 4.74 Å². The third-order valence-corrected chi connectivity index (χ3v) is 5.23. The molecular formula is C23H24N4O4. The van der Waals surface area contributed by atoms with Crippen LogP contribution in [0.4, 0.5) is 0 Å². The van der Waals surface area contributed by atoms with Gasteiger partial charge in [-0.15, -0.1) is 0 Å². The van der Waals surface area contributed by atoms with Gasteiger partial charge in [0.05, 0.1) is 0 Å². The molecule has 160 valence electrons. The largest absolute Gasteiger partial charge is 0.484 e. The molecule has 2 heterocycles. The minimum atomic E-state index is -0.401. The first-order chi connectivity index (χ1) is 15.1. The molecule has 2 aromatic carbocycles. The number of rotatable bonds is 5. The Bertz CT molecular complexity index is 1020. The van der Waals surface area contributed by atoms with Gasteiger partial charge in [-0.2, -0.15) is 4.98 Å². The average molecular weight is 420 g/mol. The van der Waals surface area contributed by atoms with Gasteiger partial charge in [0, 0.05) is 25.2 Å². The second kappa shape index (κ2) is 9.42. The van der Waals surface area contributed by atoms with Gasteiger partial charge in [0.2, 0.25) is 5.89 Å². The molecule has 31 heavy (non-hydrogen) atoms. The Balaban J connectivity index is 1.50. The zero-order valence-electron chi connectivity index (χ0n) is 17.3. The Morgan fingerprint density at radius 1 is 1.03 bits per heavy atom. The summed E-state index contributed by atoms with van der Waals surface area (Å²) in [6.45, 7) is 2.91. The Morgan fingerprint density at radius 3 is 2.42 bits per heavy atom. The predicted molar refractivity (Wildman–Crippen MR) is 112 cm³/mol. The highest BCUT2D eigenvalue weighted by Gasteiger charge is 2.34. The second-order valence-electron chi connectivity index (χ2n) is 7.33. The molecule has 0 aliphatic carbocycles. The normalized spacial score (nSPS) is 16.6. The van der Waals surface area contributed by atoms with Crippen molar-refractivity contribution in [3.05, 3.63) is 77.9 Å². The summed E-state index contributed by atoms with van der Waals surface area (Å²) < 4.78 is 11.0. The van der Waals surface area contributed by atoms with E-state index in [9.17, 15) is 9.59 Å². The zero-order valence-corrected chi connectivity index (χ0v) is 17.3. The van der Waals surface area contributed by atoms with Gasteiger partial charge in [-0.25, -0.2) is 0 Å². The molecular weight excluding hydrogens is 396 g/mol. The first kappa shape index (κ1) is 20.6. The molecule has 1 aliphatic rings. The fourth-order valence-electron chi connectivity index (χ4n) is 3.63. The summed E-state index contributed by atoms with van der Waals surface area (Å²) in [7, 11) is 0. The molecule has 1 aliphatic heterocycles. The summed E-state index contributed by atoms with van der Waals surface area (Å²) in [6.07, 6.45) is 0.497. The highest BCUT2D eigenvalue weighted by Crippen LogP contribution is 2.27. The summed E-state index contributed by atoms with van der Waals surface area (Å²) >= 11 is 0. The number of carbonyl (C=O) groups is 2. The lowest BCUT2D eigenvalue weighted by molar-refractivity contribution is -0.133. The van der Waals surface area contributed by atoms with Crippen LogP contribution in [0, 0.1) is 6.92 Å². The van der Waals surface area contributed by atoms with Gasteiger partial charge >= 0.3 is 0 Å². The topological polar surface area (TPSA) is 88.8 Å². The summed E-state index contributed by atoms with van der Waals surface area (Å²) in [4.78, 5) is 33.8.